The van der Waals surface area contributed by atoms with Crippen LogP contribution in [0.4, 0.5) is 0 Å². The van der Waals surface area contributed by atoms with Gasteiger partial charge in [-0.2, -0.15) is 5.26 Å². The van der Waals surface area contributed by atoms with Crippen molar-refractivity contribution < 1.29 is 9.84 Å². The Bertz CT molecular complexity index is 545. The van der Waals surface area contributed by atoms with Crippen LogP contribution < -0.4 is 4.74 Å². The second-order valence-corrected chi connectivity index (χ2v) is 7.13. The fourth-order valence-electron chi connectivity index (χ4n) is 3.37. The summed E-state index contributed by atoms with van der Waals surface area (Å²) in [6, 6.07) is 9.89. The standard InChI is InChI=1S/C18H25NO2/c1-16(2)9-11-18(13-19,12-10-16)17(3,20)14-7-5-6-8-15(14)21-4/h5-8,20H,9-12H2,1-4H3. The summed E-state index contributed by atoms with van der Waals surface area (Å²) in [7, 11) is 1.60. The molecule has 1 fully saturated rings. The largest absolute Gasteiger partial charge is 0.496 e. The molecule has 1 N–H and O–H groups in total. The van der Waals surface area contributed by atoms with E-state index in [2.05, 4.69) is 19.9 Å². The Morgan fingerprint density at radius 1 is 1.19 bits per heavy atom. The number of hydrogen-bond donors (Lipinski definition) is 1. The molecule has 0 saturated heterocycles. The van der Waals surface area contributed by atoms with Crippen molar-refractivity contribution in [3.63, 3.8) is 0 Å². The molecule has 0 aromatic heterocycles. The van der Waals surface area contributed by atoms with E-state index < -0.39 is 11.0 Å². The average Bonchev–Trinajstić information content (AvgIpc) is 2.47. The highest BCUT2D eigenvalue weighted by molar-refractivity contribution is 5.40. The Morgan fingerprint density at radius 3 is 2.29 bits per heavy atom. The molecule has 114 valence electrons. The molecule has 1 saturated carbocycles. The van der Waals surface area contributed by atoms with E-state index in [9.17, 15) is 10.4 Å². The van der Waals surface area contributed by atoms with Gasteiger partial charge in [-0.1, -0.05) is 32.0 Å². The van der Waals surface area contributed by atoms with Gasteiger partial charge < -0.3 is 9.84 Å². The van der Waals surface area contributed by atoms with Gasteiger partial charge in [0.05, 0.1) is 18.6 Å². The van der Waals surface area contributed by atoms with E-state index in [1.807, 2.05) is 24.3 Å². The lowest BCUT2D eigenvalue weighted by Gasteiger charge is -2.47. The normalized spacial score (nSPS) is 22.9. The van der Waals surface area contributed by atoms with Crippen molar-refractivity contribution in [2.45, 2.75) is 52.1 Å². The molecule has 2 rings (SSSR count). The summed E-state index contributed by atoms with van der Waals surface area (Å²) in [5.74, 6) is 0.641. The lowest BCUT2D eigenvalue weighted by molar-refractivity contribution is -0.0784. The molecule has 1 aliphatic rings. The molecule has 0 radical (unpaired) electrons. The van der Waals surface area contributed by atoms with Crippen molar-refractivity contribution in [3.05, 3.63) is 29.8 Å². The van der Waals surface area contributed by atoms with E-state index in [1.54, 1.807) is 14.0 Å². The number of nitrogens with zero attached hydrogens (tertiary/aromatic N) is 1. The quantitative estimate of drug-likeness (QED) is 0.913. The second-order valence-electron chi connectivity index (χ2n) is 7.13. The third-order valence-electron chi connectivity index (χ3n) is 5.23. The molecule has 0 spiro atoms. The topological polar surface area (TPSA) is 53.2 Å². The van der Waals surface area contributed by atoms with Crippen LogP contribution in [-0.4, -0.2) is 12.2 Å². The zero-order valence-electron chi connectivity index (χ0n) is 13.4. The minimum Gasteiger partial charge on any atom is -0.496 e. The second kappa shape index (κ2) is 5.35. The first-order valence-electron chi connectivity index (χ1n) is 7.55. The van der Waals surface area contributed by atoms with Gasteiger partial charge in [-0.15, -0.1) is 0 Å². The summed E-state index contributed by atoms with van der Waals surface area (Å²) in [4.78, 5) is 0. The smallest absolute Gasteiger partial charge is 0.124 e. The van der Waals surface area contributed by atoms with E-state index in [1.165, 1.54) is 0 Å². The Balaban J connectivity index is 2.44. The number of hydrogen-bond acceptors (Lipinski definition) is 3. The van der Waals surface area contributed by atoms with Crippen LogP contribution in [0.15, 0.2) is 24.3 Å². The van der Waals surface area contributed by atoms with E-state index in [4.69, 9.17) is 4.74 Å². The van der Waals surface area contributed by atoms with E-state index in [-0.39, 0.29) is 5.41 Å². The Kier molecular flexibility index (Phi) is 4.04. The highest BCUT2D eigenvalue weighted by Gasteiger charge is 2.52. The van der Waals surface area contributed by atoms with Crippen LogP contribution in [0.25, 0.3) is 0 Å². The molecule has 1 aromatic carbocycles. The molecule has 21 heavy (non-hydrogen) atoms. The Hall–Kier alpha value is -1.53. The highest BCUT2D eigenvalue weighted by atomic mass is 16.5. The predicted molar refractivity (Wildman–Crippen MR) is 82.9 cm³/mol. The van der Waals surface area contributed by atoms with Crippen LogP contribution in [0.2, 0.25) is 0 Å². The van der Waals surface area contributed by atoms with Crippen molar-refractivity contribution in [1.82, 2.24) is 0 Å². The van der Waals surface area contributed by atoms with E-state index in [0.29, 0.717) is 24.2 Å². The van der Waals surface area contributed by atoms with Crippen molar-refractivity contribution in [1.29, 1.82) is 5.26 Å². The number of ether oxygens (including phenoxy) is 1. The molecule has 3 heteroatoms. The molecule has 1 aromatic rings. The summed E-state index contributed by atoms with van der Waals surface area (Å²) in [6.07, 6.45) is 3.32. The molecule has 0 amide bonds. The molecule has 1 unspecified atom stereocenters. The van der Waals surface area contributed by atoms with Crippen LogP contribution in [0.5, 0.6) is 5.75 Å². The summed E-state index contributed by atoms with van der Waals surface area (Å²) in [6.45, 7) is 6.21. The van der Waals surface area contributed by atoms with Crippen molar-refractivity contribution >= 4 is 0 Å². The third kappa shape index (κ3) is 2.65. The van der Waals surface area contributed by atoms with Gasteiger partial charge in [0.2, 0.25) is 0 Å². The molecule has 0 aliphatic heterocycles. The van der Waals surface area contributed by atoms with Gasteiger partial charge >= 0.3 is 0 Å². The van der Waals surface area contributed by atoms with Gasteiger partial charge in [-0.3, -0.25) is 0 Å². The number of methoxy groups -OCH3 is 1. The molecule has 1 atom stereocenters. The summed E-state index contributed by atoms with van der Waals surface area (Å²) in [5, 5.41) is 21.1. The van der Waals surface area contributed by atoms with Crippen LogP contribution >= 0.6 is 0 Å². The van der Waals surface area contributed by atoms with E-state index in [0.717, 1.165) is 12.8 Å². The number of aliphatic hydroxyl groups is 1. The summed E-state index contributed by atoms with van der Waals surface area (Å²) >= 11 is 0. The lowest BCUT2D eigenvalue weighted by atomic mass is 9.58. The van der Waals surface area contributed by atoms with Crippen molar-refractivity contribution in [3.8, 4) is 11.8 Å². The highest BCUT2D eigenvalue weighted by Crippen LogP contribution is 2.54. The molecule has 0 bridgehead atoms. The maximum atomic E-state index is 11.2. The molecular formula is C18H25NO2. The van der Waals surface area contributed by atoms with Crippen molar-refractivity contribution in [2.24, 2.45) is 10.8 Å². The first kappa shape index (κ1) is 15.9. The zero-order valence-corrected chi connectivity index (χ0v) is 13.4. The minimum absolute atomic E-state index is 0.247. The maximum Gasteiger partial charge on any atom is 0.124 e. The van der Waals surface area contributed by atoms with Gasteiger partial charge in [0.1, 0.15) is 11.4 Å². The summed E-state index contributed by atoms with van der Waals surface area (Å²) < 4.78 is 5.38. The molecule has 1 aliphatic carbocycles. The SMILES string of the molecule is COc1ccccc1C(C)(O)C1(C#N)CCC(C)(C)CC1. The van der Waals surface area contributed by atoms with Gasteiger partial charge in [-0.25, -0.2) is 0 Å². The average molecular weight is 287 g/mol. The maximum absolute atomic E-state index is 11.2. The summed E-state index contributed by atoms with van der Waals surface area (Å²) in [5.41, 5.74) is -1.02. The minimum atomic E-state index is -1.22. The fraction of sp³-hybridized carbons (Fsp3) is 0.611. The van der Waals surface area contributed by atoms with Gasteiger partial charge in [-0.05, 0) is 44.1 Å². The first-order valence-corrected chi connectivity index (χ1v) is 7.55. The molecule has 0 heterocycles. The number of benzene rings is 1. The van der Waals surface area contributed by atoms with Crippen LogP contribution in [0.1, 0.15) is 52.0 Å². The van der Waals surface area contributed by atoms with Crippen LogP contribution in [0.3, 0.4) is 0 Å². The number of nitriles is 1. The molecular weight excluding hydrogens is 262 g/mol. The van der Waals surface area contributed by atoms with Crippen LogP contribution in [0, 0.1) is 22.2 Å². The van der Waals surface area contributed by atoms with E-state index >= 15 is 0 Å². The Morgan fingerprint density at radius 2 is 1.76 bits per heavy atom. The Labute approximate surface area is 127 Å². The molecule has 3 nitrogen and oxygen atoms in total. The number of para-hydroxylation sites is 1. The predicted octanol–water partition coefficient (Wildman–Crippen LogP) is 4.01. The fourth-order valence-corrected chi connectivity index (χ4v) is 3.37. The van der Waals surface area contributed by atoms with Gasteiger partial charge in [0.15, 0.2) is 0 Å². The monoisotopic (exact) mass is 287 g/mol. The van der Waals surface area contributed by atoms with Crippen LogP contribution in [-0.2, 0) is 5.60 Å². The zero-order chi connectivity index (χ0) is 15.7. The van der Waals surface area contributed by atoms with Gasteiger partial charge in [0.25, 0.3) is 0 Å². The van der Waals surface area contributed by atoms with Crippen molar-refractivity contribution in [2.75, 3.05) is 7.11 Å². The lowest BCUT2D eigenvalue weighted by Crippen LogP contribution is -2.46. The van der Waals surface area contributed by atoms with Gasteiger partial charge in [0, 0.05) is 5.56 Å². The number of rotatable bonds is 3. The first-order chi connectivity index (χ1) is 9.78. The third-order valence-corrected chi connectivity index (χ3v) is 5.23.